The van der Waals surface area contributed by atoms with Crippen molar-refractivity contribution in [1.82, 2.24) is 0 Å². The lowest BCUT2D eigenvalue weighted by Gasteiger charge is -2.20. The minimum absolute atomic E-state index is 0.0107. The Morgan fingerprint density at radius 3 is 1.78 bits per heavy atom. The molecule has 0 aliphatic carbocycles. The Hall–Kier alpha value is 0.260. The summed E-state index contributed by atoms with van der Waals surface area (Å²) in [5.41, 5.74) is -2.03. The van der Waals surface area contributed by atoms with E-state index in [1.54, 1.807) is 25.2 Å². The van der Waals surface area contributed by atoms with Crippen LogP contribution in [0.25, 0.3) is 0 Å². The standard InChI is InChI=1S/C10H14NO5PS.C8H19O2PS3/c1-3-14-17(18,15-4-2)16-10-7-5-9(6-8-10)11(12)13;1-4-9-11(12,10-5-2)14-8-7-13-6-3/h5-8H,3-4H2,1-2H3;4-8H2,1-3H3. The van der Waals surface area contributed by atoms with Gasteiger partial charge >= 0.3 is 6.72 Å². The Balaban J connectivity index is 0.000000622. The van der Waals surface area contributed by atoms with E-state index in [-0.39, 0.29) is 5.69 Å². The van der Waals surface area contributed by atoms with Crippen molar-refractivity contribution < 1.29 is 27.5 Å². The largest absolute Gasteiger partial charge is 0.424 e. The monoisotopic (exact) mass is 565 g/mol. The van der Waals surface area contributed by atoms with E-state index >= 15 is 0 Å². The molecule has 0 aromatic heterocycles. The maximum absolute atomic E-state index is 10.5. The van der Waals surface area contributed by atoms with Crippen molar-refractivity contribution in [2.75, 3.05) is 43.7 Å². The Morgan fingerprint density at radius 1 is 0.875 bits per heavy atom. The molecule has 0 saturated carbocycles. The van der Waals surface area contributed by atoms with Crippen LogP contribution < -0.4 is 4.52 Å². The lowest BCUT2D eigenvalue weighted by atomic mass is 10.3. The molecule has 186 valence electrons. The van der Waals surface area contributed by atoms with E-state index in [2.05, 4.69) is 6.92 Å². The third-order valence-corrected chi connectivity index (χ3v) is 12.3. The van der Waals surface area contributed by atoms with Crippen molar-refractivity contribution in [3.05, 3.63) is 34.4 Å². The molecule has 0 saturated heterocycles. The molecule has 0 bridgehead atoms. The van der Waals surface area contributed by atoms with Crippen LogP contribution in [0.4, 0.5) is 5.69 Å². The fourth-order valence-electron chi connectivity index (χ4n) is 1.94. The topological polar surface area (TPSA) is 89.3 Å². The van der Waals surface area contributed by atoms with Gasteiger partial charge < -0.3 is 13.6 Å². The molecule has 0 amide bonds. The summed E-state index contributed by atoms with van der Waals surface area (Å²) in [5, 5.41) is 10.5. The van der Waals surface area contributed by atoms with Gasteiger partial charge in [-0.05, 0) is 57.4 Å². The zero-order valence-corrected chi connectivity index (χ0v) is 24.1. The van der Waals surface area contributed by atoms with Crippen molar-refractivity contribution in [3.63, 3.8) is 0 Å². The van der Waals surface area contributed by atoms with Crippen molar-refractivity contribution >= 4 is 64.9 Å². The second-order valence-electron chi connectivity index (χ2n) is 5.44. The van der Waals surface area contributed by atoms with Crippen LogP contribution in [0.3, 0.4) is 0 Å². The molecule has 0 radical (unpaired) electrons. The number of thioether (sulfide) groups is 1. The Kier molecular flexibility index (Phi) is 18.7. The second kappa shape index (κ2) is 18.6. The van der Waals surface area contributed by atoms with Gasteiger partial charge in [-0.25, -0.2) is 0 Å². The first-order valence-corrected chi connectivity index (χ1v) is 18.1. The van der Waals surface area contributed by atoms with Gasteiger partial charge in [-0.2, -0.15) is 11.8 Å². The van der Waals surface area contributed by atoms with Gasteiger partial charge in [-0.1, -0.05) is 18.3 Å². The molecule has 0 N–H and O–H groups in total. The number of benzene rings is 1. The van der Waals surface area contributed by atoms with Gasteiger partial charge in [-0.15, -0.1) is 0 Å². The van der Waals surface area contributed by atoms with Gasteiger partial charge in [-0.3, -0.25) is 19.2 Å². The van der Waals surface area contributed by atoms with Crippen LogP contribution in [0.15, 0.2) is 24.3 Å². The van der Waals surface area contributed by atoms with Crippen molar-refractivity contribution in [2.24, 2.45) is 0 Å². The summed E-state index contributed by atoms with van der Waals surface area (Å²) in [7, 11) is 0. The molecule has 0 spiro atoms. The summed E-state index contributed by atoms with van der Waals surface area (Å²) >= 11 is 14.1. The molecule has 0 heterocycles. The maximum Gasteiger partial charge on any atom is 0.380 e. The van der Waals surface area contributed by atoms with Gasteiger partial charge in [0.25, 0.3) is 5.69 Å². The number of nitro groups is 1. The summed E-state index contributed by atoms with van der Waals surface area (Å²) in [6, 6.07) is 5.62. The molecular weight excluding hydrogens is 532 g/mol. The molecule has 1 aromatic rings. The Labute approximate surface area is 210 Å². The zero-order chi connectivity index (χ0) is 24.5. The normalized spacial score (nSPS) is 11.5. The molecule has 1 aromatic carbocycles. The molecule has 0 aliphatic rings. The maximum atomic E-state index is 10.5. The summed E-state index contributed by atoms with van der Waals surface area (Å²) in [4.78, 5) is 10.0. The van der Waals surface area contributed by atoms with E-state index in [1.807, 2.05) is 25.6 Å². The quantitative estimate of drug-likeness (QED) is 0.0894. The van der Waals surface area contributed by atoms with Crippen LogP contribution >= 0.6 is 35.6 Å². The van der Waals surface area contributed by atoms with E-state index in [0.717, 1.165) is 17.3 Å². The van der Waals surface area contributed by atoms with Gasteiger partial charge in [0.1, 0.15) is 5.75 Å². The van der Waals surface area contributed by atoms with E-state index in [4.69, 9.17) is 46.2 Å². The average molecular weight is 566 g/mol. The fraction of sp³-hybridized carbons (Fsp3) is 0.667. The molecular formula is C18H33NO7P2S4. The molecule has 0 atom stereocenters. The number of nitrogens with zero attached hydrogens (tertiary/aromatic N) is 1. The summed E-state index contributed by atoms with van der Waals surface area (Å²) in [6.45, 7) is 8.89. The highest BCUT2D eigenvalue weighted by Gasteiger charge is 2.21. The van der Waals surface area contributed by atoms with E-state index in [0.29, 0.717) is 32.2 Å². The molecule has 0 fully saturated rings. The third-order valence-electron chi connectivity index (χ3n) is 3.09. The summed E-state index contributed by atoms with van der Waals surface area (Å²) in [5.74, 6) is 3.70. The predicted octanol–water partition coefficient (Wildman–Crippen LogP) is 7.04. The minimum Gasteiger partial charge on any atom is -0.424 e. The first kappa shape index (κ1) is 32.3. The van der Waals surface area contributed by atoms with E-state index < -0.39 is 17.3 Å². The van der Waals surface area contributed by atoms with Gasteiger partial charge in [0, 0.05) is 35.4 Å². The lowest BCUT2D eigenvalue weighted by molar-refractivity contribution is -0.384. The molecule has 14 heteroatoms. The van der Waals surface area contributed by atoms with Crippen LogP contribution in [0.5, 0.6) is 5.75 Å². The van der Waals surface area contributed by atoms with Crippen LogP contribution in [0.2, 0.25) is 0 Å². The highest BCUT2D eigenvalue weighted by Crippen LogP contribution is 2.60. The molecule has 0 aliphatic heterocycles. The number of non-ortho nitro benzene ring substituents is 1. The summed E-state index contributed by atoms with van der Waals surface area (Å²) < 4.78 is 27.1. The van der Waals surface area contributed by atoms with Crippen LogP contribution in [-0.2, 0) is 41.7 Å². The van der Waals surface area contributed by atoms with Crippen molar-refractivity contribution in [2.45, 2.75) is 34.6 Å². The van der Waals surface area contributed by atoms with Crippen molar-refractivity contribution in [1.29, 1.82) is 0 Å². The first-order chi connectivity index (χ1) is 15.2. The predicted molar refractivity (Wildman–Crippen MR) is 144 cm³/mol. The number of nitro benzene ring substituents is 1. The molecule has 1 rings (SSSR count). The third kappa shape index (κ3) is 14.5. The van der Waals surface area contributed by atoms with Crippen molar-refractivity contribution in [3.8, 4) is 5.75 Å². The van der Waals surface area contributed by atoms with Crippen LogP contribution in [0, 0.1) is 10.1 Å². The second-order valence-corrected chi connectivity index (χ2v) is 16.2. The molecule has 0 unspecified atom stereocenters. The number of hydrogen-bond donors (Lipinski definition) is 0. The zero-order valence-electron chi connectivity index (χ0n) is 19.1. The fourth-order valence-corrected chi connectivity index (χ4v) is 9.89. The van der Waals surface area contributed by atoms with E-state index in [9.17, 15) is 10.1 Å². The number of rotatable bonds is 16. The smallest absolute Gasteiger partial charge is 0.380 e. The van der Waals surface area contributed by atoms with Gasteiger partial charge in [0.2, 0.25) is 5.69 Å². The number of hydrogen-bond acceptors (Lipinski definition) is 11. The SMILES string of the molecule is CCOP(=S)(OCC)Oc1ccc([N+](=O)[O-])cc1.CCOP(=S)(OCC)SCCSCC. The Bertz CT molecular complexity index is 721. The highest BCUT2D eigenvalue weighted by atomic mass is 32.9. The highest BCUT2D eigenvalue weighted by molar-refractivity contribution is 8.68. The lowest BCUT2D eigenvalue weighted by Crippen LogP contribution is -2.02. The minimum atomic E-state index is -2.82. The van der Waals surface area contributed by atoms with Gasteiger partial charge in [0.15, 0.2) is 0 Å². The Morgan fingerprint density at radius 2 is 1.38 bits per heavy atom. The van der Waals surface area contributed by atoms with E-state index in [1.165, 1.54) is 24.3 Å². The van der Waals surface area contributed by atoms with Crippen LogP contribution in [-0.4, -0.2) is 48.6 Å². The molecule has 32 heavy (non-hydrogen) atoms. The van der Waals surface area contributed by atoms with Crippen LogP contribution in [0.1, 0.15) is 34.6 Å². The van der Waals surface area contributed by atoms with Gasteiger partial charge in [0.05, 0.1) is 31.4 Å². The first-order valence-electron chi connectivity index (χ1n) is 10.1. The molecule has 8 nitrogen and oxygen atoms in total. The summed E-state index contributed by atoms with van der Waals surface area (Å²) in [6.07, 6.45) is 0. The average Bonchev–Trinajstić information content (AvgIpc) is 2.73.